The Morgan fingerprint density at radius 2 is 1.50 bits per heavy atom. The maximum Gasteiger partial charge on any atom is 0.237 e. The number of anilines is 1. The van der Waals surface area contributed by atoms with Crippen LogP contribution in [-0.2, 0) is 16.0 Å². The molecule has 1 aliphatic rings. The van der Waals surface area contributed by atoms with Gasteiger partial charge in [-0.15, -0.1) is 0 Å². The number of para-hydroxylation sites is 1. The first-order valence-electron chi connectivity index (χ1n) is 6.71. The number of hydrogen-bond donors (Lipinski definition) is 0. The van der Waals surface area contributed by atoms with Crippen molar-refractivity contribution in [3.8, 4) is 0 Å². The van der Waals surface area contributed by atoms with E-state index in [2.05, 4.69) is 0 Å². The van der Waals surface area contributed by atoms with Crippen molar-refractivity contribution < 1.29 is 9.59 Å². The third-order valence-electron chi connectivity index (χ3n) is 3.58. The normalized spacial score (nSPS) is 18.6. The molecule has 0 bridgehead atoms. The van der Waals surface area contributed by atoms with Gasteiger partial charge in [-0.25, -0.2) is 0 Å². The van der Waals surface area contributed by atoms with Crippen molar-refractivity contribution in [1.82, 2.24) is 0 Å². The molecular weight excluding hydrogens is 250 g/mol. The zero-order valence-electron chi connectivity index (χ0n) is 11.0. The second-order valence-corrected chi connectivity index (χ2v) is 4.99. The molecule has 0 aliphatic carbocycles. The van der Waals surface area contributed by atoms with Gasteiger partial charge in [0.1, 0.15) is 0 Å². The lowest BCUT2D eigenvalue weighted by atomic mass is 9.98. The lowest BCUT2D eigenvalue weighted by Crippen LogP contribution is -2.30. The molecule has 0 radical (unpaired) electrons. The zero-order valence-corrected chi connectivity index (χ0v) is 11.0. The molecule has 0 aromatic heterocycles. The third-order valence-corrected chi connectivity index (χ3v) is 3.58. The predicted molar refractivity (Wildman–Crippen MR) is 77.2 cm³/mol. The molecule has 1 atom stereocenters. The Kier molecular flexibility index (Phi) is 3.33. The Morgan fingerprint density at radius 3 is 2.15 bits per heavy atom. The van der Waals surface area contributed by atoms with E-state index in [1.165, 1.54) is 4.90 Å². The lowest BCUT2D eigenvalue weighted by Gasteiger charge is -2.14. The molecule has 3 heteroatoms. The van der Waals surface area contributed by atoms with Gasteiger partial charge in [-0.3, -0.25) is 14.5 Å². The van der Waals surface area contributed by atoms with Crippen LogP contribution in [0.2, 0.25) is 0 Å². The fraction of sp³-hybridized carbons (Fsp3) is 0.176. The number of nitrogens with zero attached hydrogens (tertiary/aromatic N) is 1. The molecule has 3 nitrogen and oxygen atoms in total. The molecule has 0 spiro atoms. The summed E-state index contributed by atoms with van der Waals surface area (Å²) in [4.78, 5) is 25.8. The van der Waals surface area contributed by atoms with Crippen LogP contribution in [0.1, 0.15) is 12.0 Å². The lowest BCUT2D eigenvalue weighted by molar-refractivity contribution is -0.122. The molecule has 100 valence electrons. The van der Waals surface area contributed by atoms with Crippen molar-refractivity contribution in [3.05, 3.63) is 66.2 Å². The van der Waals surface area contributed by atoms with Gasteiger partial charge in [-0.2, -0.15) is 0 Å². The number of benzene rings is 2. The highest BCUT2D eigenvalue weighted by molar-refractivity contribution is 6.20. The molecule has 0 saturated carbocycles. The fourth-order valence-electron chi connectivity index (χ4n) is 2.60. The predicted octanol–water partition coefficient (Wildman–Crippen LogP) is 2.81. The summed E-state index contributed by atoms with van der Waals surface area (Å²) in [6.07, 6.45) is 0.914. The van der Waals surface area contributed by atoms with E-state index < -0.39 is 0 Å². The van der Waals surface area contributed by atoms with Crippen molar-refractivity contribution in [2.45, 2.75) is 12.8 Å². The second kappa shape index (κ2) is 5.29. The van der Waals surface area contributed by atoms with Gasteiger partial charge in [0.05, 0.1) is 11.6 Å². The standard InChI is InChI=1S/C17H15NO2/c19-16-12-14(11-13-7-3-1-4-8-13)17(20)18(16)15-9-5-2-6-10-15/h1-10,14H,11-12H2/t14-/m1/s1. The van der Waals surface area contributed by atoms with Gasteiger partial charge in [-0.1, -0.05) is 48.5 Å². The topological polar surface area (TPSA) is 37.4 Å². The van der Waals surface area contributed by atoms with Gasteiger partial charge >= 0.3 is 0 Å². The van der Waals surface area contributed by atoms with Crippen LogP contribution in [-0.4, -0.2) is 11.8 Å². The summed E-state index contributed by atoms with van der Waals surface area (Å²) in [6, 6.07) is 18.9. The maximum absolute atomic E-state index is 12.4. The first-order chi connectivity index (χ1) is 9.75. The average molecular weight is 265 g/mol. The zero-order chi connectivity index (χ0) is 13.9. The summed E-state index contributed by atoms with van der Waals surface area (Å²) in [7, 11) is 0. The summed E-state index contributed by atoms with van der Waals surface area (Å²) in [5, 5.41) is 0. The quantitative estimate of drug-likeness (QED) is 0.800. The van der Waals surface area contributed by atoms with Crippen LogP contribution in [0.5, 0.6) is 0 Å². The Hall–Kier alpha value is -2.42. The van der Waals surface area contributed by atoms with E-state index in [1.807, 2.05) is 48.5 Å². The number of amides is 2. The van der Waals surface area contributed by atoms with E-state index in [0.29, 0.717) is 18.5 Å². The summed E-state index contributed by atoms with van der Waals surface area (Å²) in [5.74, 6) is -0.447. The minimum Gasteiger partial charge on any atom is -0.274 e. The van der Waals surface area contributed by atoms with Crippen LogP contribution in [0.3, 0.4) is 0 Å². The van der Waals surface area contributed by atoms with Crippen LogP contribution in [0, 0.1) is 5.92 Å². The largest absolute Gasteiger partial charge is 0.274 e. The van der Waals surface area contributed by atoms with Crippen LogP contribution in [0.15, 0.2) is 60.7 Å². The monoisotopic (exact) mass is 265 g/mol. The van der Waals surface area contributed by atoms with Gasteiger partial charge in [0.15, 0.2) is 0 Å². The van der Waals surface area contributed by atoms with Crippen molar-refractivity contribution in [2.75, 3.05) is 4.90 Å². The fourth-order valence-corrected chi connectivity index (χ4v) is 2.60. The molecule has 1 fully saturated rings. The van der Waals surface area contributed by atoms with Crippen molar-refractivity contribution in [3.63, 3.8) is 0 Å². The Bertz CT molecular complexity index is 622. The molecular formula is C17H15NO2. The molecule has 2 aromatic carbocycles. The molecule has 20 heavy (non-hydrogen) atoms. The highest BCUT2D eigenvalue weighted by Crippen LogP contribution is 2.28. The Balaban J connectivity index is 1.81. The Labute approximate surface area is 117 Å². The van der Waals surface area contributed by atoms with Crippen LogP contribution < -0.4 is 4.90 Å². The van der Waals surface area contributed by atoms with E-state index in [1.54, 1.807) is 12.1 Å². The molecule has 1 saturated heterocycles. The first kappa shape index (κ1) is 12.6. The van der Waals surface area contributed by atoms with Gasteiger partial charge < -0.3 is 0 Å². The number of carbonyl (C=O) groups is 2. The van der Waals surface area contributed by atoms with E-state index in [-0.39, 0.29) is 17.7 Å². The molecule has 0 N–H and O–H groups in total. The van der Waals surface area contributed by atoms with E-state index >= 15 is 0 Å². The Morgan fingerprint density at radius 1 is 0.900 bits per heavy atom. The minimum absolute atomic E-state index is 0.0925. The first-order valence-corrected chi connectivity index (χ1v) is 6.71. The smallest absolute Gasteiger partial charge is 0.237 e. The van der Waals surface area contributed by atoms with E-state index in [9.17, 15) is 9.59 Å². The molecule has 3 rings (SSSR count). The second-order valence-electron chi connectivity index (χ2n) is 4.99. The molecule has 0 unspecified atom stereocenters. The van der Waals surface area contributed by atoms with E-state index in [0.717, 1.165) is 5.56 Å². The number of imide groups is 1. The van der Waals surface area contributed by atoms with Crippen molar-refractivity contribution in [1.29, 1.82) is 0 Å². The summed E-state index contributed by atoms with van der Waals surface area (Å²) in [5.41, 5.74) is 1.76. The van der Waals surface area contributed by atoms with Crippen LogP contribution in [0.4, 0.5) is 5.69 Å². The van der Waals surface area contributed by atoms with Gasteiger partial charge in [-0.05, 0) is 24.1 Å². The van der Waals surface area contributed by atoms with Crippen molar-refractivity contribution in [2.24, 2.45) is 5.92 Å². The van der Waals surface area contributed by atoms with Crippen LogP contribution >= 0.6 is 0 Å². The minimum atomic E-state index is -0.245. The summed E-state index contributed by atoms with van der Waals surface area (Å²) < 4.78 is 0. The molecule has 1 heterocycles. The summed E-state index contributed by atoms with van der Waals surface area (Å²) in [6.45, 7) is 0. The maximum atomic E-state index is 12.4. The average Bonchev–Trinajstić information content (AvgIpc) is 2.75. The summed E-state index contributed by atoms with van der Waals surface area (Å²) >= 11 is 0. The van der Waals surface area contributed by atoms with Gasteiger partial charge in [0, 0.05) is 6.42 Å². The number of carbonyl (C=O) groups excluding carboxylic acids is 2. The SMILES string of the molecule is O=C1C[C@@H](Cc2ccccc2)C(=O)N1c1ccccc1. The highest BCUT2D eigenvalue weighted by Gasteiger charge is 2.39. The molecule has 2 aromatic rings. The van der Waals surface area contributed by atoms with Crippen LogP contribution in [0.25, 0.3) is 0 Å². The van der Waals surface area contributed by atoms with Gasteiger partial charge in [0.25, 0.3) is 0 Å². The number of hydrogen-bond acceptors (Lipinski definition) is 2. The number of rotatable bonds is 3. The van der Waals surface area contributed by atoms with Gasteiger partial charge in [0.2, 0.25) is 11.8 Å². The van der Waals surface area contributed by atoms with E-state index in [4.69, 9.17) is 0 Å². The third kappa shape index (κ3) is 2.35. The molecule has 2 amide bonds. The van der Waals surface area contributed by atoms with Crippen molar-refractivity contribution >= 4 is 17.5 Å². The molecule has 1 aliphatic heterocycles. The highest BCUT2D eigenvalue weighted by atomic mass is 16.2.